The number of ether oxygens (including phenoxy) is 1. The van der Waals surface area contributed by atoms with Crippen LogP contribution in [0.4, 0.5) is 5.13 Å². The fraction of sp³-hybridized carbons (Fsp3) is 0.312. The van der Waals surface area contributed by atoms with Crippen molar-refractivity contribution in [2.24, 2.45) is 7.05 Å². The van der Waals surface area contributed by atoms with Crippen LogP contribution in [-0.2, 0) is 11.8 Å². The molecule has 1 unspecified atom stereocenters. The van der Waals surface area contributed by atoms with Gasteiger partial charge in [-0.15, -0.1) is 11.3 Å². The monoisotopic (exact) mass is 327 g/mol. The molecule has 1 atom stereocenters. The molecule has 7 heteroatoms. The van der Waals surface area contributed by atoms with Gasteiger partial charge in [0.2, 0.25) is 0 Å². The smallest absolute Gasteiger partial charge is 0.186 e. The molecular weight excluding hydrogens is 310 g/mol. The number of nitrogens with zero attached hydrogens (tertiary/aromatic N) is 5. The lowest BCUT2D eigenvalue weighted by Crippen LogP contribution is -2.38. The Morgan fingerprint density at radius 1 is 1.35 bits per heavy atom. The van der Waals surface area contributed by atoms with Crippen LogP contribution in [0.3, 0.4) is 0 Å². The normalized spacial score (nSPS) is 18.3. The molecule has 4 rings (SSSR count). The fourth-order valence-corrected chi connectivity index (χ4v) is 3.56. The van der Waals surface area contributed by atoms with Crippen LogP contribution in [0.2, 0.25) is 0 Å². The topological polar surface area (TPSA) is 56.1 Å². The Kier molecular flexibility index (Phi) is 3.80. The Hall–Kier alpha value is -2.25. The van der Waals surface area contributed by atoms with Gasteiger partial charge >= 0.3 is 0 Å². The molecule has 1 fully saturated rings. The summed E-state index contributed by atoms with van der Waals surface area (Å²) in [6.45, 7) is 2.35. The highest BCUT2D eigenvalue weighted by atomic mass is 32.1. The van der Waals surface area contributed by atoms with Gasteiger partial charge in [0.25, 0.3) is 0 Å². The second kappa shape index (κ2) is 6.10. The minimum absolute atomic E-state index is 0.0446. The highest BCUT2D eigenvalue weighted by molar-refractivity contribution is 7.14. The van der Waals surface area contributed by atoms with E-state index in [1.165, 1.54) is 0 Å². The van der Waals surface area contributed by atoms with Crippen LogP contribution in [0.15, 0.2) is 42.3 Å². The van der Waals surface area contributed by atoms with E-state index in [0.29, 0.717) is 6.61 Å². The van der Waals surface area contributed by atoms with Crippen molar-refractivity contribution in [3.8, 4) is 11.3 Å². The molecule has 0 bridgehead atoms. The molecule has 0 aliphatic carbocycles. The van der Waals surface area contributed by atoms with Crippen LogP contribution in [0.5, 0.6) is 0 Å². The Labute approximate surface area is 138 Å². The van der Waals surface area contributed by atoms with E-state index >= 15 is 0 Å². The molecule has 1 saturated heterocycles. The Balaban J connectivity index is 1.53. The van der Waals surface area contributed by atoms with Crippen LogP contribution in [-0.4, -0.2) is 39.4 Å². The first kappa shape index (κ1) is 14.3. The van der Waals surface area contributed by atoms with Gasteiger partial charge in [0.05, 0.1) is 25.0 Å². The average Bonchev–Trinajstić information content (AvgIpc) is 3.25. The number of aryl methyl sites for hydroxylation is 1. The summed E-state index contributed by atoms with van der Waals surface area (Å²) in [5.41, 5.74) is 3.14. The molecule has 6 nitrogen and oxygen atoms in total. The first-order valence-corrected chi connectivity index (χ1v) is 8.38. The van der Waals surface area contributed by atoms with E-state index < -0.39 is 0 Å². The number of aromatic nitrogens is 4. The molecule has 0 aromatic carbocycles. The summed E-state index contributed by atoms with van der Waals surface area (Å²) < 4.78 is 7.70. The molecule has 3 aromatic rings. The summed E-state index contributed by atoms with van der Waals surface area (Å²) in [6.07, 6.45) is 7.55. The third-order valence-corrected chi connectivity index (χ3v) is 4.78. The van der Waals surface area contributed by atoms with Gasteiger partial charge in [0, 0.05) is 48.7 Å². The van der Waals surface area contributed by atoms with E-state index in [1.807, 2.05) is 42.5 Å². The summed E-state index contributed by atoms with van der Waals surface area (Å²) in [7, 11) is 1.92. The molecular formula is C16H17N5OS. The highest BCUT2D eigenvalue weighted by Gasteiger charge is 2.25. The van der Waals surface area contributed by atoms with E-state index in [1.54, 1.807) is 17.5 Å². The van der Waals surface area contributed by atoms with Gasteiger partial charge in [-0.2, -0.15) is 5.10 Å². The first-order valence-electron chi connectivity index (χ1n) is 7.50. The lowest BCUT2D eigenvalue weighted by atomic mass is 10.2. The number of thiazole rings is 1. The van der Waals surface area contributed by atoms with Crippen molar-refractivity contribution in [1.29, 1.82) is 0 Å². The van der Waals surface area contributed by atoms with Crippen LogP contribution >= 0.6 is 11.3 Å². The second-order valence-corrected chi connectivity index (χ2v) is 6.35. The predicted octanol–water partition coefficient (Wildman–Crippen LogP) is 2.52. The van der Waals surface area contributed by atoms with Gasteiger partial charge in [-0.25, -0.2) is 4.98 Å². The van der Waals surface area contributed by atoms with Gasteiger partial charge in [-0.3, -0.25) is 9.67 Å². The van der Waals surface area contributed by atoms with Crippen molar-refractivity contribution in [1.82, 2.24) is 19.7 Å². The van der Waals surface area contributed by atoms with E-state index in [-0.39, 0.29) is 6.10 Å². The second-order valence-electron chi connectivity index (χ2n) is 5.51. The van der Waals surface area contributed by atoms with Gasteiger partial charge in [0.1, 0.15) is 6.10 Å². The van der Waals surface area contributed by atoms with Crippen molar-refractivity contribution in [3.63, 3.8) is 0 Å². The van der Waals surface area contributed by atoms with Crippen molar-refractivity contribution in [2.45, 2.75) is 6.10 Å². The molecule has 0 saturated carbocycles. The zero-order valence-corrected chi connectivity index (χ0v) is 13.6. The number of hydrogen-bond acceptors (Lipinski definition) is 6. The molecule has 23 heavy (non-hydrogen) atoms. The summed E-state index contributed by atoms with van der Waals surface area (Å²) in [5, 5.41) is 7.34. The summed E-state index contributed by atoms with van der Waals surface area (Å²) in [5.74, 6) is 0. The molecule has 0 N–H and O–H groups in total. The fourth-order valence-electron chi connectivity index (χ4n) is 2.69. The molecule has 0 spiro atoms. The maximum Gasteiger partial charge on any atom is 0.186 e. The molecule has 0 radical (unpaired) electrons. The number of hydrogen-bond donors (Lipinski definition) is 0. The zero-order valence-electron chi connectivity index (χ0n) is 12.8. The van der Waals surface area contributed by atoms with E-state index in [4.69, 9.17) is 9.72 Å². The minimum Gasteiger partial charge on any atom is -0.370 e. The van der Waals surface area contributed by atoms with Gasteiger partial charge in [-0.1, -0.05) is 0 Å². The molecule has 1 aliphatic rings. The quantitative estimate of drug-likeness (QED) is 0.740. The lowest BCUT2D eigenvalue weighted by molar-refractivity contribution is 0.0397. The van der Waals surface area contributed by atoms with Crippen LogP contribution in [0.25, 0.3) is 11.3 Å². The summed E-state index contributed by atoms with van der Waals surface area (Å²) in [6, 6.07) is 3.96. The van der Waals surface area contributed by atoms with Crippen molar-refractivity contribution >= 4 is 16.5 Å². The van der Waals surface area contributed by atoms with Crippen LogP contribution < -0.4 is 4.90 Å². The largest absolute Gasteiger partial charge is 0.370 e. The number of anilines is 1. The molecule has 1 aliphatic heterocycles. The Bertz CT molecular complexity index is 785. The number of rotatable bonds is 3. The summed E-state index contributed by atoms with van der Waals surface area (Å²) in [4.78, 5) is 11.2. The predicted molar refractivity (Wildman–Crippen MR) is 89.5 cm³/mol. The summed E-state index contributed by atoms with van der Waals surface area (Å²) >= 11 is 1.66. The van der Waals surface area contributed by atoms with Crippen LogP contribution in [0, 0.1) is 0 Å². The Morgan fingerprint density at radius 2 is 2.30 bits per heavy atom. The molecule has 3 aromatic heterocycles. The number of morpholine rings is 1. The van der Waals surface area contributed by atoms with E-state index in [2.05, 4.69) is 20.4 Å². The van der Waals surface area contributed by atoms with Gasteiger partial charge < -0.3 is 9.64 Å². The van der Waals surface area contributed by atoms with E-state index in [0.717, 1.165) is 35.0 Å². The van der Waals surface area contributed by atoms with Crippen LogP contribution in [0.1, 0.15) is 11.7 Å². The lowest BCUT2D eigenvalue weighted by Gasteiger charge is -2.32. The van der Waals surface area contributed by atoms with Crippen molar-refractivity contribution in [2.75, 3.05) is 24.6 Å². The first-order chi connectivity index (χ1) is 11.3. The average molecular weight is 327 g/mol. The maximum absolute atomic E-state index is 5.89. The molecule has 118 valence electrons. The SMILES string of the molecule is Cn1cc(C2CN(c3nc(-c4cccnc4)cs3)CCO2)cn1. The maximum atomic E-state index is 5.89. The standard InChI is InChI=1S/C16H17N5OS/c1-20-9-13(8-18-20)15-10-21(5-6-22-15)16-19-14(11-23-16)12-3-2-4-17-7-12/h2-4,7-9,11,15H,5-6,10H2,1H3. The van der Waals surface area contributed by atoms with Gasteiger partial charge in [-0.05, 0) is 12.1 Å². The van der Waals surface area contributed by atoms with E-state index in [9.17, 15) is 0 Å². The highest BCUT2D eigenvalue weighted by Crippen LogP contribution is 2.30. The Morgan fingerprint density at radius 3 is 3.09 bits per heavy atom. The molecule has 0 amide bonds. The van der Waals surface area contributed by atoms with Crippen molar-refractivity contribution in [3.05, 3.63) is 47.9 Å². The third kappa shape index (κ3) is 2.97. The molecule has 4 heterocycles. The number of pyridine rings is 1. The minimum atomic E-state index is 0.0446. The zero-order chi connectivity index (χ0) is 15.6. The van der Waals surface area contributed by atoms with Gasteiger partial charge in [0.15, 0.2) is 5.13 Å². The van der Waals surface area contributed by atoms with Crippen molar-refractivity contribution < 1.29 is 4.74 Å². The third-order valence-electron chi connectivity index (χ3n) is 3.88.